The first-order valence-electron chi connectivity index (χ1n) is 5.78. The van der Waals surface area contributed by atoms with Crippen molar-refractivity contribution < 1.29 is 10.0 Å². The van der Waals surface area contributed by atoms with Crippen molar-refractivity contribution in [1.82, 2.24) is 5.32 Å². The summed E-state index contributed by atoms with van der Waals surface area (Å²) in [5.41, 5.74) is 5.56. The Bertz CT molecular complexity index is 415. The summed E-state index contributed by atoms with van der Waals surface area (Å²) in [6.45, 7) is 5.63. The number of hydrogen-bond acceptors (Lipinski definition) is 4. The molecule has 100 valence electrons. The SMILES string of the molecule is CC(NC(=O)C(C(N)=NO)C(C)C)c1cccs1. The third-order valence-corrected chi connectivity index (χ3v) is 3.77. The smallest absolute Gasteiger partial charge is 0.231 e. The van der Waals surface area contributed by atoms with E-state index in [-0.39, 0.29) is 23.7 Å². The summed E-state index contributed by atoms with van der Waals surface area (Å²) < 4.78 is 0. The van der Waals surface area contributed by atoms with E-state index < -0.39 is 5.92 Å². The number of nitrogens with one attached hydrogen (secondary N) is 1. The lowest BCUT2D eigenvalue weighted by atomic mass is 9.93. The molecule has 1 aromatic heterocycles. The molecule has 6 heteroatoms. The molecule has 5 nitrogen and oxygen atoms in total. The van der Waals surface area contributed by atoms with Gasteiger partial charge in [-0.2, -0.15) is 0 Å². The van der Waals surface area contributed by atoms with Gasteiger partial charge in [-0.1, -0.05) is 25.1 Å². The van der Waals surface area contributed by atoms with Crippen LogP contribution < -0.4 is 11.1 Å². The first-order chi connectivity index (χ1) is 8.47. The van der Waals surface area contributed by atoms with Gasteiger partial charge in [0.15, 0.2) is 5.84 Å². The zero-order valence-corrected chi connectivity index (χ0v) is 11.6. The van der Waals surface area contributed by atoms with Crippen molar-refractivity contribution in [2.24, 2.45) is 22.7 Å². The van der Waals surface area contributed by atoms with Gasteiger partial charge in [-0.25, -0.2) is 0 Å². The van der Waals surface area contributed by atoms with Crippen molar-refractivity contribution in [3.8, 4) is 0 Å². The summed E-state index contributed by atoms with van der Waals surface area (Å²) in [5.74, 6) is -0.920. The van der Waals surface area contributed by atoms with Crippen LogP contribution in [0.4, 0.5) is 0 Å². The van der Waals surface area contributed by atoms with Crippen LogP contribution in [0.3, 0.4) is 0 Å². The molecule has 2 atom stereocenters. The molecule has 0 aliphatic carbocycles. The Labute approximate surface area is 111 Å². The van der Waals surface area contributed by atoms with E-state index in [1.54, 1.807) is 11.3 Å². The molecule has 0 fully saturated rings. The molecule has 0 spiro atoms. The number of carbonyl (C=O) groups excluding carboxylic acids is 1. The normalized spacial score (nSPS) is 15.4. The van der Waals surface area contributed by atoms with Crippen molar-refractivity contribution in [3.63, 3.8) is 0 Å². The maximum Gasteiger partial charge on any atom is 0.231 e. The Kier molecular flexibility index (Phi) is 5.15. The molecule has 4 N–H and O–H groups in total. The summed E-state index contributed by atoms with van der Waals surface area (Å²) in [4.78, 5) is 13.2. The minimum Gasteiger partial charge on any atom is -0.409 e. The van der Waals surface area contributed by atoms with Crippen molar-refractivity contribution in [3.05, 3.63) is 22.4 Å². The van der Waals surface area contributed by atoms with E-state index in [9.17, 15) is 4.79 Å². The number of thiophene rings is 1. The Morgan fingerprint density at radius 3 is 2.61 bits per heavy atom. The van der Waals surface area contributed by atoms with Crippen LogP contribution in [0.2, 0.25) is 0 Å². The lowest BCUT2D eigenvalue weighted by Crippen LogP contribution is -2.42. The predicted molar refractivity (Wildman–Crippen MR) is 72.6 cm³/mol. The fourth-order valence-corrected chi connectivity index (χ4v) is 2.49. The van der Waals surface area contributed by atoms with E-state index in [0.717, 1.165) is 4.88 Å². The number of oxime groups is 1. The third kappa shape index (κ3) is 3.46. The number of rotatable bonds is 5. The molecule has 1 aromatic rings. The van der Waals surface area contributed by atoms with Crippen LogP contribution in [0.15, 0.2) is 22.7 Å². The summed E-state index contributed by atoms with van der Waals surface area (Å²) in [7, 11) is 0. The minimum absolute atomic E-state index is 0.0311. The number of hydrogen-bond donors (Lipinski definition) is 3. The Morgan fingerprint density at radius 1 is 1.50 bits per heavy atom. The lowest BCUT2D eigenvalue weighted by molar-refractivity contribution is -0.124. The first kappa shape index (κ1) is 14.5. The van der Waals surface area contributed by atoms with E-state index in [2.05, 4.69) is 10.5 Å². The first-order valence-corrected chi connectivity index (χ1v) is 6.66. The second kappa shape index (κ2) is 6.39. The van der Waals surface area contributed by atoms with E-state index in [0.29, 0.717) is 0 Å². The van der Waals surface area contributed by atoms with Crippen LogP contribution >= 0.6 is 11.3 Å². The highest BCUT2D eigenvalue weighted by Crippen LogP contribution is 2.20. The lowest BCUT2D eigenvalue weighted by Gasteiger charge is -2.21. The second-order valence-corrected chi connectivity index (χ2v) is 5.47. The van der Waals surface area contributed by atoms with Gasteiger partial charge in [0, 0.05) is 4.88 Å². The van der Waals surface area contributed by atoms with Gasteiger partial charge in [0.1, 0.15) is 5.92 Å². The molecule has 0 aliphatic heterocycles. The van der Waals surface area contributed by atoms with Crippen LogP contribution in [0.1, 0.15) is 31.7 Å². The molecule has 0 bridgehead atoms. The van der Waals surface area contributed by atoms with Crippen LogP contribution in [-0.4, -0.2) is 17.0 Å². The number of amides is 1. The van der Waals surface area contributed by atoms with E-state index in [4.69, 9.17) is 10.9 Å². The molecule has 2 unspecified atom stereocenters. The topological polar surface area (TPSA) is 87.7 Å². The molecule has 1 heterocycles. The van der Waals surface area contributed by atoms with Gasteiger partial charge in [0.25, 0.3) is 0 Å². The van der Waals surface area contributed by atoms with E-state index in [1.165, 1.54) is 0 Å². The second-order valence-electron chi connectivity index (χ2n) is 4.49. The Hall–Kier alpha value is -1.56. The van der Waals surface area contributed by atoms with Gasteiger partial charge in [-0.05, 0) is 24.3 Å². The highest BCUT2D eigenvalue weighted by atomic mass is 32.1. The van der Waals surface area contributed by atoms with E-state index in [1.807, 2.05) is 38.3 Å². The largest absolute Gasteiger partial charge is 0.409 e. The highest BCUT2D eigenvalue weighted by molar-refractivity contribution is 7.10. The highest BCUT2D eigenvalue weighted by Gasteiger charge is 2.27. The van der Waals surface area contributed by atoms with Gasteiger partial charge < -0.3 is 16.3 Å². The molecule has 1 amide bonds. The van der Waals surface area contributed by atoms with Gasteiger partial charge in [-0.3, -0.25) is 4.79 Å². The average Bonchev–Trinajstić information content (AvgIpc) is 2.81. The fraction of sp³-hybridized carbons (Fsp3) is 0.500. The average molecular weight is 269 g/mol. The van der Waals surface area contributed by atoms with Crippen LogP contribution in [0, 0.1) is 11.8 Å². The molecule has 0 aliphatic rings. The monoisotopic (exact) mass is 269 g/mol. The molecular formula is C12H19N3O2S. The quantitative estimate of drug-likeness (QED) is 0.330. The third-order valence-electron chi connectivity index (χ3n) is 2.71. The Balaban J connectivity index is 2.74. The number of nitrogens with two attached hydrogens (primary N) is 1. The van der Waals surface area contributed by atoms with E-state index >= 15 is 0 Å². The Morgan fingerprint density at radius 2 is 2.17 bits per heavy atom. The van der Waals surface area contributed by atoms with Crippen LogP contribution in [0.25, 0.3) is 0 Å². The van der Waals surface area contributed by atoms with Crippen molar-refractivity contribution in [1.29, 1.82) is 0 Å². The predicted octanol–water partition coefficient (Wildman–Crippen LogP) is 1.94. The summed E-state index contributed by atoms with van der Waals surface area (Å²) >= 11 is 1.58. The minimum atomic E-state index is -0.614. The van der Waals surface area contributed by atoms with Crippen molar-refractivity contribution in [2.75, 3.05) is 0 Å². The molecule has 18 heavy (non-hydrogen) atoms. The van der Waals surface area contributed by atoms with Crippen LogP contribution in [-0.2, 0) is 4.79 Å². The molecular weight excluding hydrogens is 250 g/mol. The fourth-order valence-electron chi connectivity index (χ4n) is 1.75. The van der Waals surface area contributed by atoms with Crippen molar-refractivity contribution >= 4 is 23.1 Å². The molecule has 0 radical (unpaired) electrons. The summed E-state index contributed by atoms with van der Waals surface area (Å²) in [6, 6.07) is 3.82. The summed E-state index contributed by atoms with van der Waals surface area (Å²) in [6.07, 6.45) is 0. The van der Waals surface area contributed by atoms with Crippen molar-refractivity contribution in [2.45, 2.75) is 26.8 Å². The molecule has 0 aromatic carbocycles. The maximum absolute atomic E-state index is 12.1. The zero-order valence-electron chi connectivity index (χ0n) is 10.8. The standard InChI is InChI=1S/C12H19N3O2S/c1-7(2)10(11(13)15-17)12(16)14-8(3)9-5-4-6-18-9/h4-8,10,17H,1-3H3,(H2,13,15)(H,14,16). The van der Waals surface area contributed by atoms with Gasteiger partial charge in [0.05, 0.1) is 6.04 Å². The number of nitrogens with zero attached hydrogens (tertiary/aromatic N) is 1. The maximum atomic E-state index is 12.1. The number of amidine groups is 1. The van der Waals surface area contributed by atoms with Gasteiger partial charge in [0.2, 0.25) is 5.91 Å². The molecule has 1 rings (SSSR count). The zero-order chi connectivity index (χ0) is 13.7. The number of carbonyl (C=O) groups is 1. The van der Waals surface area contributed by atoms with Gasteiger partial charge in [-0.15, -0.1) is 11.3 Å². The molecule has 0 saturated heterocycles. The molecule has 0 saturated carbocycles. The van der Waals surface area contributed by atoms with Crippen LogP contribution in [0.5, 0.6) is 0 Å². The summed E-state index contributed by atoms with van der Waals surface area (Å²) in [5, 5.41) is 16.5. The van der Waals surface area contributed by atoms with Gasteiger partial charge >= 0.3 is 0 Å².